The van der Waals surface area contributed by atoms with Gasteiger partial charge in [-0.05, 0) is 62.0 Å². The molecule has 27 heavy (non-hydrogen) atoms. The van der Waals surface area contributed by atoms with Crippen LogP contribution in [0.25, 0.3) is 0 Å². The van der Waals surface area contributed by atoms with Gasteiger partial charge in [0.1, 0.15) is 11.2 Å². The van der Waals surface area contributed by atoms with Crippen LogP contribution in [-0.4, -0.2) is 46.5 Å². The molecule has 1 aliphatic rings. The summed E-state index contributed by atoms with van der Waals surface area (Å²) in [4.78, 5) is 30.1. The van der Waals surface area contributed by atoms with Gasteiger partial charge in [0.25, 0.3) is 5.91 Å². The summed E-state index contributed by atoms with van der Waals surface area (Å²) in [6.45, 7) is 7.37. The third-order valence-corrected chi connectivity index (χ3v) is 7.32. The number of rotatable bonds is 6. The number of hydrogen-bond acceptors (Lipinski definition) is 4. The second kappa shape index (κ2) is 8.44. The maximum absolute atomic E-state index is 13.1. The molecule has 2 heterocycles. The van der Waals surface area contributed by atoms with Crippen molar-refractivity contribution in [1.29, 1.82) is 0 Å². The lowest BCUT2D eigenvalue weighted by atomic mass is 10.2. The van der Waals surface area contributed by atoms with Crippen LogP contribution in [-0.2, 0) is 4.79 Å². The van der Waals surface area contributed by atoms with E-state index in [0.717, 1.165) is 0 Å². The monoisotopic (exact) mass is 406 g/mol. The number of thiophene rings is 1. The Morgan fingerprint density at radius 2 is 1.96 bits per heavy atom. The van der Waals surface area contributed by atoms with Crippen molar-refractivity contribution in [3.63, 3.8) is 0 Å². The number of nitrogens with zero attached hydrogens (tertiary/aromatic N) is 2. The molecule has 0 unspecified atom stereocenters. The van der Waals surface area contributed by atoms with Gasteiger partial charge >= 0.3 is 0 Å². The number of halogens is 1. The first kappa shape index (κ1) is 19.9. The van der Waals surface area contributed by atoms with Crippen molar-refractivity contribution in [2.75, 3.05) is 19.6 Å². The third kappa shape index (κ3) is 4.19. The first-order valence-electron chi connectivity index (χ1n) is 8.97. The van der Waals surface area contributed by atoms with Crippen LogP contribution in [0.4, 0.5) is 4.39 Å². The van der Waals surface area contributed by atoms with Gasteiger partial charge < -0.3 is 9.80 Å². The molecule has 0 aliphatic carbocycles. The lowest BCUT2D eigenvalue weighted by Crippen LogP contribution is -2.40. The predicted octanol–water partition coefficient (Wildman–Crippen LogP) is 4.32. The van der Waals surface area contributed by atoms with Crippen molar-refractivity contribution < 1.29 is 14.0 Å². The fourth-order valence-electron chi connectivity index (χ4n) is 3.15. The molecule has 1 aromatic carbocycles. The molecule has 0 N–H and O–H groups in total. The van der Waals surface area contributed by atoms with Gasteiger partial charge in [0.05, 0.1) is 5.25 Å². The highest BCUT2D eigenvalue weighted by Gasteiger charge is 2.39. The highest BCUT2D eigenvalue weighted by Crippen LogP contribution is 2.45. The molecular formula is C20H23FN2O2S2. The molecule has 2 atom stereocenters. The van der Waals surface area contributed by atoms with E-state index in [0.29, 0.717) is 25.2 Å². The summed E-state index contributed by atoms with van der Waals surface area (Å²) in [5.74, 6) is -0.394. The highest BCUT2D eigenvalue weighted by molar-refractivity contribution is 8.01. The normalized spacial score (nSPS) is 19.6. The van der Waals surface area contributed by atoms with E-state index in [1.54, 1.807) is 28.0 Å². The van der Waals surface area contributed by atoms with Crippen molar-refractivity contribution >= 4 is 34.9 Å². The Balaban J connectivity index is 1.72. The zero-order valence-corrected chi connectivity index (χ0v) is 17.3. The lowest BCUT2D eigenvalue weighted by molar-refractivity contribution is -0.129. The van der Waals surface area contributed by atoms with E-state index in [-0.39, 0.29) is 28.3 Å². The predicted molar refractivity (Wildman–Crippen MR) is 109 cm³/mol. The summed E-state index contributed by atoms with van der Waals surface area (Å²) in [6.07, 6.45) is 0. The van der Waals surface area contributed by atoms with Crippen molar-refractivity contribution in [2.45, 2.75) is 31.4 Å². The molecule has 4 nitrogen and oxygen atoms in total. The average molecular weight is 407 g/mol. The van der Waals surface area contributed by atoms with Gasteiger partial charge in [-0.2, -0.15) is 0 Å². The third-order valence-electron chi connectivity index (χ3n) is 4.74. The summed E-state index contributed by atoms with van der Waals surface area (Å²) < 4.78 is 13.1. The van der Waals surface area contributed by atoms with Gasteiger partial charge in [-0.3, -0.25) is 9.59 Å². The standard InChI is InChI=1S/C20H23FN2O2S2/c1-4-22(19(25)15-5-7-16(21)8-6-15)10-11-23-18(24)14(3)27-20(23)17-13(2)9-12-26-17/h5-9,12,14,20H,4,10-11H2,1-3H3/t14-,20-/m0/s1. The summed E-state index contributed by atoms with van der Waals surface area (Å²) in [5, 5.41) is 1.97. The molecule has 1 fully saturated rings. The molecule has 2 amide bonds. The van der Waals surface area contributed by atoms with Crippen LogP contribution in [0.2, 0.25) is 0 Å². The smallest absolute Gasteiger partial charge is 0.253 e. The van der Waals surface area contributed by atoms with E-state index in [1.165, 1.54) is 34.7 Å². The number of thioether (sulfide) groups is 1. The molecule has 0 spiro atoms. The largest absolute Gasteiger partial charge is 0.337 e. The molecule has 0 radical (unpaired) electrons. The number of aryl methyl sites for hydroxylation is 1. The van der Waals surface area contributed by atoms with Crippen LogP contribution in [0.15, 0.2) is 35.7 Å². The van der Waals surface area contributed by atoms with E-state index >= 15 is 0 Å². The Kier molecular flexibility index (Phi) is 6.22. The first-order chi connectivity index (χ1) is 12.9. The van der Waals surface area contributed by atoms with Gasteiger partial charge in [0.15, 0.2) is 0 Å². The minimum absolute atomic E-state index is 0.00660. The second-order valence-corrected chi connectivity index (χ2v) is 8.90. The number of carbonyl (C=O) groups excluding carboxylic acids is 2. The van der Waals surface area contributed by atoms with Crippen LogP contribution in [0.1, 0.15) is 40.0 Å². The van der Waals surface area contributed by atoms with E-state index in [4.69, 9.17) is 0 Å². The number of benzene rings is 1. The molecule has 2 aromatic rings. The molecule has 0 bridgehead atoms. The molecular weight excluding hydrogens is 383 g/mol. The van der Waals surface area contributed by atoms with Gasteiger partial charge in [-0.1, -0.05) is 0 Å². The summed E-state index contributed by atoms with van der Waals surface area (Å²) >= 11 is 3.33. The van der Waals surface area contributed by atoms with Crippen LogP contribution >= 0.6 is 23.1 Å². The van der Waals surface area contributed by atoms with E-state index in [1.807, 2.05) is 24.1 Å². The Hall–Kier alpha value is -1.86. The van der Waals surface area contributed by atoms with E-state index < -0.39 is 0 Å². The topological polar surface area (TPSA) is 40.6 Å². The number of hydrogen-bond donors (Lipinski definition) is 0. The quantitative estimate of drug-likeness (QED) is 0.717. The highest BCUT2D eigenvalue weighted by atomic mass is 32.2. The molecule has 1 aromatic heterocycles. The molecule has 7 heteroatoms. The average Bonchev–Trinajstić information content (AvgIpc) is 3.20. The van der Waals surface area contributed by atoms with Crippen LogP contribution in [0.5, 0.6) is 0 Å². The van der Waals surface area contributed by atoms with Gasteiger partial charge in [-0.25, -0.2) is 4.39 Å². The number of amides is 2. The van der Waals surface area contributed by atoms with Crippen LogP contribution in [0, 0.1) is 12.7 Å². The molecule has 3 rings (SSSR count). The van der Waals surface area contributed by atoms with E-state index in [9.17, 15) is 14.0 Å². The first-order valence-corrected chi connectivity index (χ1v) is 10.8. The Morgan fingerprint density at radius 3 is 2.56 bits per heavy atom. The maximum Gasteiger partial charge on any atom is 0.253 e. The Labute approximate surface area is 167 Å². The Morgan fingerprint density at radius 1 is 1.26 bits per heavy atom. The fraction of sp³-hybridized carbons (Fsp3) is 0.400. The van der Waals surface area contributed by atoms with E-state index in [2.05, 4.69) is 13.0 Å². The zero-order valence-electron chi connectivity index (χ0n) is 15.6. The van der Waals surface area contributed by atoms with Gasteiger partial charge in [0, 0.05) is 30.1 Å². The lowest BCUT2D eigenvalue weighted by Gasteiger charge is -2.28. The minimum Gasteiger partial charge on any atom is -0.337 e. The van der Waals surface area contributed by atoms with Crippen molar-refractivity contribution in [2.24, 2.45) is 0 Å². The number of likely N-dealkylation sites (N-methyl/N-ethyl adjacent to an activating group) is 1. The molecule has 1 saturated heterocycles. The fourth-order valence-corrected chi connectivity index (χ4v) is 5.70. The molecule has 1 aliphatic heterocycles. The minimum atomic E-state index is -0.363. The maximum atomic E-state index is 13.1. The second-order valence-electron chi connectivity index (χ2n) is 6.52. The Bertz CT molecular complexity index is 822. The van der Waals surface area contributed by atoms with Gasteiger partial charge in [-0.15, -0.1) is 23.1 Å². The zero-order chi connectivity index (χ0) is 19.6. The molecule has 0 saturated carbocycles. The summed E-state index contributed by atoms with van der Waals surface area (Å²) in [7, 11) is 0. The van der Waals surface area contributed by atoms with Gasteiger partial charge in [0.2, 0.25) is 5.91 Å². The SMILES string of the molecule is CCN(CCN1C(=O)[C@H](C)S[C@H]1c1sccc1C)C(=O)c1ccc(F)cc1. The van der Waals surface area contributed by atoms with Crippen molar-refractivity contribution in [3.05, 3.63) is 57.5 Å². The molecule has 144 valence electrons. The number of carbonyl (C=O) groups is 2. The summed E-state index contributed by atoms with van der Waals surface area (Å²) in [6, 6.07) is 7.65. The summed E-state index contributed by atoms with van der Waals surface area (Å²) in [5.41, 5.74) is 1.65. The van der Waals surface area contributed by atoms with Crippen molar-refractivity contribution in [3.8, 4) is 0 Å². The van der Waals surface area contributed by atoms with Crippen LogP contribution in [0.3, 0.4) is 0 Å². The van der Waals surface area contributed by atoms with Crippen molar-refractivity contribution in [1.82, 2.24) is 9.80 Å². The van der Waals surface area contributed by atoms with Crippen LogP contribution < -0.4 is 0 Å².